The summed E-state index contributed by atoms with van der Waals surface area (Å²) in [6.07, 6.45) is 1.44. The molecule has 1 aromatic carbocycles. The minimum absolute atomic E-state index is 0.0949. The van der Waals surface area contributed by atoms with Crippen LogP contribution in [0.5, 0.6) is 0 Å². The third kappa shape index (κ3) is 2.17. The van der Waals surface area contributed by atoms with Crippen LogP contribution >= 0.6 is 0 Å². The van der Waals surface area contributed by atoms with E-state index in [-0.39, 0.29) is 5.69 Å². The SMILES string of the molecule is Cc1c(C(=O)Nc2ccc(N)cc2F)cnn1C. The zero-order valence-electron chi connectivity index (χ0n) is 10.1. The lowest BCUT2D eigenvalue weighted by molar-refractivity contribution is 0.102. The molecule has 0 fully saturated rings. The third-order valence-electron chi connectivity index (χ3n) is 2.72. The molecule has 0 bridgehead atoms. The number of carbonyl (C=O) groups excluding carboxylic acids is 1. The van der Waals surface area contributed by atoms with Gasteiger partial charge in [0.25, 0.3) is 5.91 Å². The van der Waals surface area contributed by atoms with Crippen LogP contribution in [-0.4, -0.2) is 15.7 Å². The molecule has 0 unspecified atom stereocenters. The molecule has 0 aliphatic rings. The number of hydrogen-bond acceptors (Lipinski definition) is 3. The van der Waals surface area contributed by atoms with Crippen LogP contribution in [0.15, 0.2) is 24.4 Å². The van der Waals surface area contributed by atoms with Crippen molar-refractivity contribution in [2.75, 3.05) is 11.1 Å². The second-order valence-electron chi connectivity index (χ2n) is 3.96. The molecule has 0 aliphatic heterocycles. The van der Waals surface area contributed by atoms with Crippen LogP contribution in [0.1, 0.15) is 16.1 Å². The van der Waals surface area contributed by atoms with E-state index in [0.29, 0.717) is 16.9 Å². The van der Waals surface area contributed by atoms with Gasteiger partial charge in [-0.15, -0.1) is 0 Å². The highest BCUT2D eigenvalue weighted by Gasteiger charge is 2.14. The zero-order chi connectivity index (χ0) is 13.3. The van der Waals surface area contributed by atoms with Gasteiger partial charge in [-0.1, -0.05) is 0 Å². The molecule has 0 spiro atoms. The molecule has 3 N–H and O–H groups in total. The number of amides is 1. The molecule has 1 amide bonds. The van der Waals surface area contributed by atoms with E-state index in [9.17, 15) is 9.18 Å². The van der Waals surface area contributed by atoms with E-state index in [1.54, 1.807) is 18.7 Å². The monoisotopic (exact) mass is 248 g/mol. The molecule has 0 saturated heterocycles. The smallest absolute Gasteiger partial charge is 0.259 e. The van der Waals surface area contributed by atoms with Gasteiger partial charge in [0, 0.05) is 18.4 Å². The summed E-state index contributed by atoms with van der Waals surface area (Å²) in [5, 5.41) is 6.44. The Bertz CT molecular complexity index is 606. The molecule has 0 saturated carbocycles. The minimum atomic E-state index is -0.565. The molecule has 2 rings (SSSR count). The molecule has 94 valence electrons. The number of hydrogen-bond donors (Lipinski definition) is 2. The van der Waals surface area contributed by atoms with Crippen molar-refractivity contribution in [1.82, 2.24) is 9.78 Å². The predicted octanol–water partition coefficient (Wildman–Crippen LogP) is 1.70. The van der Waals surface area contributed by atoms with Crippen molar-refractivity contribution in [3.63, 3.8) is 0 Å². The number of halogens is 1. The number of nitrogen functional groups attached to an aromatic ring is 1. The Balaban J connectivity index is 2.24. The first kappa shape index (κ1) is 12.1. The third-order valence-corrected chi connectivity index (χ3v) is 2.72. The maximum absolute atomic E-state index is 13.5. The largest absolute Gasteiger partial charge is 0.399 e. The fourth-order valence-corrected chi connectivity index (χ4v) is 1.54. The van der Waals surface area contributed by atoms with Crippen molar-refractivity contribution in [3.05, 3.63) is 41.5 Å². The van der Waals surface area contributed by atoms with Gasteiger partial charge in [0.2, 0.25) is 0 Å². The van der Waals surface area contributed by atoms with Crippen molar-refractivity contribution in [1.29, 1.82) is 0 Å². The van der Waals surface area contributed by atoms with Crippen LogP contribution in [0.4, 0.5) is 15.8 Å². The van der Waals surface area contributed by atoms with E-state index in [2.05, 4.69) is 10.4 Å². The lowest BCUT2D eigenvalue weighted by atomic mass is 10.2. The molecule has 1 heterocycles. The van der Waals surface area contributed by atoms with Gasteiger partial charge in [0.1, 0.15) is 5.82 Å². The van der Waals surface area contributed by atoms with Crippen molar-refractivity contribution >= 4 is 17.3 Å². The number of rotatable bonds is 2. The lowest BCUT2D eigenvalue weighted by Crippen LogP contribution is -2.14. The Morgan fingerprint density at radius 3 is 2.78 bits per heavy atom. The average Bonchev–Trinajstić information content (AvgIpc) is 2.64. The number of nitrogens with two attached hydrogens (primary N) is 1. The maximum Gasteiger partial charge on any atom is 0.259 e. The summed E-state index contributed by atoms with van der Waals surface area (Å²) >= 11 is 0. The molecule has 0 radical (unpaired) electrons. The first-order valence-electron chi connectivity index (χ1n) is 5.34. The van der Waals surface area contributed by atoms with E-state index in [1.807, 2.05) is 0 Å². The molecular formula is C12H13FN4O. The molecule has 0 aliphatic carbocycles. The van der Waals surface area contributed by atoms with Crippen LogP contribution in [0.25, 0.3) is 0 Å². The number of carbonyl (C=O) groups is 1. The number of benzene rings is 1. The molecule has 18 heavy (non-hydrogen) atoms. The van der Waals surface area contributed by atoms with Crippen molar-refractivity contribution < 1.29 is 9.18 Å². The van der Waals surface area contributed by atoms with E-state index < -0.39 is 11.7 Å². The first-order chi connectivity index (χ1) is 8.49. The molecule has 5 nitrogen and oxygen atoms in total. The average molecular weight is 248 g/mol. The lowest BCUT2D eigenvalue weighted by Gasteiger charge is -2.06. The first-order valence-corrected chi connectivity index (χ1v) is 5.34. The van der Waals surface area contributed by atoms with Crippen LogP contribution in [0.2, 0.25) is 0 Å². The van der Waals surface area contributed by atoms with Crippen molar-refractivity contribution in [2.45, 2.75) is 6.92 Å². The maximum atomic E-state index is 13.5. The van der Waals surface area contributed by atoms with E-state index >= 15 is 0 Å². The van der Waals surface area contributed by atoms with Gasteiger partial charge in [0.05, 0.1) is 17.4 Å². The summed E-state index contributed by atoms with van der Waals surface area (Å²) in [6.45, 7) is 1.77. The van der Waals surface area contributed by atoms with Gasteiger partial charge in [-0.25, -0.2) is 4.39 Å². The molecule has 1 aromatic heterocycles. The van der Waals surface area contributed by atoms with Gasteiger partial charge in [-0.05, 0) is 25.1 Å². The Labute approximate surface area is 103 Å². The minimum Gasteiger partial charge on any atom is -0.399 e. The Kier molecular flexibility index (Phi) is 3.01. The topological polar surface area (TPSA) is 72.9 Å². The predicted molar refractivity (Wildman–Crippen MR) is 66.7 cm³/mol. The van der Waals surface area contributed by atoms with Gasteiger partial charge in [-0.3, -0.25) is 9.48 Å². The molecule has 2 aromatic rings. The van der Waals surface area contributed by atoms with E-state index in [4.69, 9.17) is 5.73 Å². The molecule has 6 heteroatoms. The van der Waals surface area contributed by atoms with Gasteiger partial charge in [0.15, 0.2) is 0 Å². The Hall–Kier alpha value is -2.37. The summed E-state index contributed by atoms with van der Waals surface area (Å²) in [5.41, 5.74) is 6.96. The number of nitrogens with one attached hydrogen (secondary N) is 1. The highest BCUT2D eigenvalue weighted by atomic mass is 19.1. The Morgan fingerprint density at radius 1 is 1.50 bits per heavy atom. The number of nitrogens with zero attached hydrogens (tertiary/aromatic N) is 2. The van der Waals surface area contributed by atoms with Gasteiger partial charge < -0.3 is 11.1 Å². The van der Waals surface area contributed by atoms with Crippen molar-refractivity contribution in [2.24, 2.45) is 7.05 Å². The molecular weight excluding hydrogens is 235 g/mol. The van der Waals surface area contributed by atoms with Gasteiger partial charge in [-0.2, -0.15) is 5.10 Å². The van der Waals surface area contributed by atoms with Crippen LogP contribution in [0, 0.1) is 12.7 Å². The summed E-state index contributed by atoms with van der Waals surface area (Å²) < 4.78 is 15.1. The van der Waals surface area contributed by atoms with Crippen LogP contribution in [0.3, 0.4) is 0 Å². The number of anilines is 2. The highest BCUT2D eigenvalue weighted by molar-refractivity contribution is 6.05. The second-order valence-corrected chi connectivity index (χ2v) is 3.96. The van der Waals surface area contributed by atoms with E-state index in [1.165, 1.54) is 18.3 Å². The number of aryl methyl sites for hydroxylation is 1. The fourth-order valence-electron chi connectivity index (χ4n) is 1.54. The Morgan fingerprint density at radius 2 is 2.22 bits per heavy atom. The summed E-state index contributed by atoms with van der Waals surface area (Å²) in [7, 11) is 1.73. The molecule has 0 atom stereocenters. The number of aromatic nitrogens is 2. The zero-order valence-corrected chi connectivity index (χ0v) is 10.1. The normalized spacial score (nSPS) is 10.4. The summed E-state index contributed by atoms with van der Waals surface area (Å²) in [4.78, 5) is 11.9. The van der Waals surface area contributed by atoms with Crippen LogP contribution < -0.4 is 11.1 Å². The standard InChI is InChI=1S/C12H13FN4O/c1-7-9(6-15-17(7)2)12(18)16-11-4-3-8(14)5-10(11)13/h3-6H,14H2,1-2H3,(H,16,18). The fraction of sp³-hybridized carbons (Fsp3) is 0.167. The van der Waals surface area contributed by atoms with Crippen molar-refractivity contribution in [3.8, 4) is 0 Å². The van der Waals surface area contributed by atoms with Gasteiger partial charge >= 0.3 is 0 Å². The summed E-state index contributed by atoms with van der Waals surface area (Å²) in [5.74, 6) is -0.964. The quantitative estimate of drug-likeness (QED) is 0.794. The van der Waals surface area contributed by atoms with E-state index in [0.717, 1.165) is 6.07 Å². The second kappa shape index (κ2) is 4.48. The summed E-state index contributed by atoms with van der Waals surface area (Å²) in [6, 6.07) is 4.11. The van der Waals surface area contributed by atoms with Crippen LogP contribution in [-0.2, 0) is 7.05 Å². The highest BCUT2D eigenvalue weighted by Crippen LogP contribution is 2.18.